The zero-order chi connectivity index (χ0) is 18.4. The van der Waals surface area contributed by atoms with Gasteiger partial charge in [0.15, 0.2) is 0 Å². The van der Waals surface area contributed by atoms with Gasteiger partial charge in [0.05, 0.1) is 5.92 Å². The van der Waals surface area contributed by atoms with Crippen molar-refractivity contribution in [2.75, 3.05) is 16.3 Å². The molecule has 2 aromatic rings. The second-order valence-electron chi connectivity index (χ2n) is 7.56. The van der Waals surface area contributed by atoms with Crippen LogP contribution in [-0.4, -0.2) is 24.4 Å². The highest BCUT2D eigenvalue weighted by atomic mass is 16.2. The molecule has 4 nitrogen and oxygen atoms in total. The van der Waals surface area contributed by atoms with E-state index in [1.807, 2.05) is 48.2 Å². The van der Waals surface area contributed by atoms with Crippen LogP contribution in [0.25, 0.3) is 0 Å². The first-order chi connectivity index (χ1) is 12.5. The maximum absolute atomic E-state index is 13.2. The summed E-state index contributed by atoms with van der Waals surface area (Å²) >= 11 is 0. The summed E-state index contributed by atoms with van der Waals surface area (Å²) in [4.78, 5) is 29.5. The van der Waals surface area contributed by atoms with E-state index < -0.39 is 0 Å². The fourth-order valence-corrected chi connectivity index (χ4v) is 4.11. The fourth-order valence-electron chi connectivity index (χ4n) is 4.11. The Morgan fingerprint density at radius 2 is 1.81 bits per heavy atom. The Labute approximate surface area is 154 Å². The molecule has 0 N–H and O–H groups in total. The highest BCUT2D eigenvalue weighted by molar-refractivity contribution is 6.05. The molecule has 4 heteroatoms. The van der Waals surface area contributed by atoms with E-state index in [0.717, 1.165) is 23.4 Å². The van der Waals surface area contributed by atoms with E-state index in [-0.39, 0.29) is 30.2 Å². The molecule has 2 aromatic carbocycles. The minimum absolute atomic E-state index is 0.0340. The second kappa shape index (κ2) is 6.27. The van der Waals surface area contributed by atoms with Gasteiger partial charge in [-0.1, -0.05) is 24.3 Å². The molecular weight excluding hydrogens is 324 g/mol. The fraction of sp³-hybridized carbons (Fsp3) is 0.364. The number of anilines is 2. The Morgan fingerprint density at radius 3 is 2.58 bits per heavy atom. The van der Waals surface area contributed by atoms with Crippen LogP contribution in [-0.2, 0) is 16.0 Å². The Kier molecular flexibility index (Phi) is 4.06. The van der Waals surface area contributed by atoms with Gasteiger partial charge in [-0.15, -0.1) is 0 Å². The summed E-state index contributed by atoms with van der Waals surface area (Å²) in [5, 5.41) is 0. The van der Waals surface area contributed by atoms with Crippen LogP contribution in [0.4, 0.5) is 11.4 Å². The van der Waals surface area contributed by atoms with E-state index in [1.165, 1.54) is 11.1 Å². The van der Waals surface area contributed by atoms with Crippen LogP contribution in [0.1, 0.15) is 30.0 Å². The maximum atomic E-state index is 13.2. The van der Waals surface area contributed by atoms with Gasteiger partial charge in [0, 0.05) is 30.4 Å². The van der Waals surface area contributed by atoms with Crippen LogP contribution in [0.3, 0.4) is 0 Å². The lowest BCUT2D eigenvalue weighted by molar-refractivity contribution is -0.124. The van der Waals surface area contributed by atoms with Crippen LogP contribution in [0.2, 0.25) is 0 Å². The van der Waals surface area contributed by atoms with E-state index in [9.17, 15) is 9.59 Å². The molecule has 1 saturated heterocycles. The topological polar surface area (TPSA) is 40.6 Å². The summed E-state index contributed by atoms with van der Waals surface area (Å²) in [7, 11) is 0. The minimum atomic E-state index is -0.280. The predicted molar refractivity (Wildman–Crippen MR) is 103 cm³/mol. The summed E-state index contributed by atoms with van der Waals surface area (Å²) in [6.07, 6.45) is 1.17. The Balaban J connectivity index is 1.57. The second-order valence-corrected chi connectivity index (χ2v) is 7.56. The zero-order valence-corrected chi connectivity index (χ0v) is 15.5. The first kappa shape index (κ1) is 16.8. The number of para-hydroxylation sites is 1. The number of nitrogens with zero attached hydrogens (tertiary/aromatic N) is 2. The van der Waals surface area contributed by atoms with Crippen LogP contribution in [0.5, 0.6) is 0 Å². The molecule has 134 valence electrons. The number of fused-ring (bicyclic) bond motifs is 1. The first-order valence-electron chi connectivity index (χ1n) is 9.24. The van der Waals surface area contributed by atoms with Gasteiger partial charge in [0.1, 0.15) is 0 Å². The van der Waals surface area contributed by atoms with Crippen molar-refractivity contribution in [2.45, 2.75) is 39.7 Å². The van der Waals surface area contributed by atoms with Crippen LogP contribution in [0, 0.1) is 19.8 Å². The number of hydrogen-bond donors (Lipinski definition) is 0. The number of benzene rings is 2. The highest BCUT2D eigenvalue weighted by Gasteiger charge is 2.41. The molecule has 0 unspecified atom stereocenters. The third-order valence-corrected chi connectivity index (χ3v) is 5.72. The number of carbonyl (C=O) groups is 2. The van der Waals surface area contributed by atoms with E-state index in [0.29, 0.717) is 6.54 Å². The Bertz CT molecular complexity index is 889. The number of rotatable bonds is 2. The van der Waals surface area contributed by atoms with Crippen LogP contribution >= 0.6 is 0 Å². The maximum Gasteiger partial charge on any atom is 0.232 e. The molecule has 0 spiro atoms. The lowest BCUT2D eigenvalue weighted by Crippen LogP contribution is -2.41. The molecule has 2 atom stereocenters. The average molecular weight is 348 g/mol. The van der Waals surface area contributed by atoms with Crippen molar-refractivity contribution >= 4 is 23.2 Å². The third-order valence-electron chi connectivity index (χ3n) is 5.72. The largest absolute Gasteiger partial charge is 0.312 e. The summed E-state index contributed by atoms with van der Waals surface area (Å²) in [6.45, 7) is 6.65. The van der Waals surface area contributed by atoms with Crippen molar-refractivity contribution in [2.24, 2.45) is 5.92 Å². The molecule has 0 saturated carbocycles. The first-order valence-corrected chi connectivity index (χ1v) is 9.24. The van der Waals surface area contributed by atoms with Gasteiger partial charge in [-0.2, -0.15) is 0 Å². The molecule has 2 amide bonds. The average Bonchev–Trinajstić information content (AvgIpc) is 3.16. The summed E-state index contributed by atoms with van der Waals surface area (Å²) < 4.78 is 0. The lowest BCUT2D eigenvalue weighted by Gasteiger charge is -2.26. The molecule has 0 aromatic heterocycles. The zero-order valence-electron chi connectivity index (χ0n) is 15.5. The van der Waals surface area contributed by atoms with Crippen molar-refractivity contribution < 1.29 is 9.59 Å². The molecule has 0 bridgehead atoms. The number of hydrogen-bond acceptors (Lipinski definition) is 2. The van der Waals surface area contributed by atoms with E-state index >= 15 is 0 Å². The van der Waals surface area contributed by atoms with Crippen molar-refractivity contribution in [3.8, 4) is 0 Å². The van der Waals surface area contributed by atoms with Gasteiger partial charge >= 0.3 is 0 Å². The molecule has 4 rings (SSSR count). The standard InChI is InChI=1S/C22H24N2O2/c1-14-8-9-19(10-15(14)2)23-13-18(12-21(23)25)22(26)24-16(3)11-17-6-4-5-7-20(17)24/h4-10,16,18H,11-13H2,1-3H3/t16-,18+/m0/s1. The molecule has 2 heterocycles. The molecule has 2 aliphatic heterocycles. The van der Waals surface area contributed by atoms with Gasteiger partial charge in [0.2, 0.25) is 11.8 Å². The van der Waals surface area contributed by atoms with E-state index in [1.54, 1.807) is 4.90 Å². The monoisotopic (exact) mass is 348 g/mol. The molecule has 1 fully saturated rings. The number of amides is 2. The van der Waals surface area contributed by atoms with E-state index in [2.05, 4.69) is 19.9 Å². The molecule has 2 aliphatic rings. The number of aryl methyl sites for hydroxylation is 2. The normalized spacial score (nSPS) is 22.0. The highest BCUT2D eigenvalue weighted by Crippen LogP contribution is 2.35. The van der Waals surface area contributed by atoms with Crippen molar-refractivity contribution in [3.05, 3.63) is 59.2 Å². The summed E-state index contributed by atoms with van der Waals surface area (Å²) in [6, 6.07) is 14.3. The SMILES string of the molecule is Cc1ccc(N2C[C@H](C(=O)N3c4ccccc4C[C@@H]3C)CC2=O)cc1C. The van der Waals surface area contributed by atoms with Crippen molar-refractivity contribution in [1.82, 2.24) is 0 Å². The molecule has 0 aliphatic carbocycles. The Morgan fingerprint density at radius 1 is 1.04 bits per heavy atom. The molecular formula is C22H24N2O2. The number of carbonyl (C=O) groups excluding carboxylic acids is 2. The van der Waals surface area contributed by atoms with Gasteiger partial charge in [-0.3, -0.25) is 9.59 Å². The molecule has 0 radical (unpaired) electrons. The van der Waals surface area contributed by atoms with Gasteiger partial charge < -0.3 is 9.80 Å². The van der Waals surface area contributed by atoms with Crippen molar-refractivity contribution in [1.29, 1.82) is 0 Å². The predicted octanol–water partition coefficient (Wildman–Crippen LogP) is 3.63. The van der Waals surface area contributed by atoms with Gasteiger partial charge in [0.25, 0.3) is 0 Å². The minimum Gasteiger partial charge on any atom is -0.312 e. The summed E-state index contributed by atoms with van der Waals surface area (Å²) in [5.41, 5.74) is 5.47. The van der Waals surface area contributed by atoms with Crippen LogP contribution in [0.15, 0.2) is 42.5 Å². The van der Waals surface area contributed by atoms with Crippen LogP contribution < -0.4 is 9.80 Å². The van der Waals surface area contributed by atoms with E-state index in [4.69, 9.17) is 0 Å². The Hall–Kier alpha value is -2.62. The van der Waals surface area contributed by atoms with Gasteiger partial charge in [-0.25, -0.2) is 0 Å². The van der Waals surface area contributed by atoms with Crippen molar-refractivity contribution in [3.63, 3.8) is 0 Å². The smallest absolute Gasteiger partial charge is 0.232 e. The lowest BCUT2D eigenvalue weighted by atomic mass is 10.1. The van der Waals surface area contributed by atoms with Gasteiger partial charge in [-0.05, 0) is 62.1 Å². The quantitative estimate of drug-likeness (QED) is 0.831. The molecule has 26 heavy (non-hydrogen) atoms. The summed E-state index contributed by atoms with van der Waals surface area (Å²) in [5.74, 6) is -0.174. The third kappa shape index (κ3) is 2.70.